The van der Waals surface area contributed by atoms with Crippen LogP contribution in [0.15, 0.2) is 58.7 Å². The van der Waals surface area contributed by atoms with E-state index in [9.17, 15) is 18.4 Å². The van der Waals surface area contributed by atoms with Gasteiger partial charge >= 0.3 is 0 Å². The average Bonchev–Trinajstić information content (AvgIpc) is 3.21. The first kappa shape index (κ1) is 21.7. The van der Waals surface area contributed by atoms with Gasteiger partial charge < -0.3 is 16.3 Å². The zero-order valence-electron chi connectivity index (χ0n) is 16.7. The van der Waals surface area contributed by atoms with Gasteiger partial charge in [0.2, 0.25) is 0 Å². The number of nitrogens with two attached hydrogens (primary N) is 1. The van der Waals surface area contributed by atoms with Crippen molar-refractivity contribution in [3.63, 3.8) is 0 Å². The molecule has 0 saturated carbocycles. The fourth-order valence-electron chi connectivity index (χ4n) is 3.57. The number of nitrogen functional groups attached to an aromatic ring is 1. The predicted octanol–water partition coefficient (Wildman–Crippen LogP) is 5.33. The van der Waals surface area contributed by atoms with Crippen molar-refractivity contribution < 1.29 is 18.4 Å². The molecule has 4 rings (SSSR count). The first-order valence-corrected chi connectivity index (χ1v) is 10.0. The summed E-state index contributed by atoms with van der Waals surface area (Å²) in [4.78, 5) is 4.45. The standard InChI is InChI=1S/C23H18ClF3N4O/c24-16-7-12(5-6-17(16)25)8-20(31-32)14-9-18(26)22(27)23-15(14)10-21(30-23)29-11-13-3-1-2-4-19(13)28/h1-7,9,32H,8,10-11,28H2,(H,29,30)/b31-20+. The fraction of sp³-hybridized carbons (Fsp3) is 0.130. The molecule has 1 heterocycles. The van der Waals surface area contributed by atoms with Crippen LogP contribution in [-0.4, -0.2) is 16.8 Å². The zero-order chi connectivity index (χ0) is 22.8. The van der Waals surface area contributed by atoms with Gasteiger partial charge in [-0.15, -0.1) is 0 Å². The summed E-state index contributed by atoms with van der Waals surface area (Å²) in [5, 5.41) is 15.6. The van der Waals surface area contributed by atoms with Crippen molar-refractivity contribution >= 4 is 34.5 Å². The van der Waals surface area contributed by atoms with Crippen LogP contribution in [-0.2, 0) is 19.4 Å². The summed E-state index contributed by atoms with van der Waals surface area (Å²) < 4.78 is 42.3. The molecule has 164 valence electrons. The van der Waals surface area contributed by atoms with Gasteiger partial charge in [0.05, 0.1) is 23.0 Å². The Morgan fingerprint density at radius 1 is 1.09 bits per heavy atom. The van der Waals surface area contributed by atoms with Gasteiger partial charge in [0.15, 0.2) is 11.6 Å². The molecule has 9 heteroatoms. The number of halogens is 4. The highest BCUT2D eigenvalue weighted by Gasteiger charge is 2.28. The monoisotopic (exact) mass is 458 g/mol. The number of benzene rings is 3. The van der Waals surface area contributed by atoms with Gasteiger partial charge in [-0.25, -0.2) is 13.2 Å². The van der Waals surface area contributed by atoms with Crippen LogP contribution < -0.4 is 11.1 Å². The minimum atomic E-state index is -1.10. The van der Waals surface area contributed by atoms with Crippen molar-refractivity contribution in [1.82, 2.24) is 0 Å². The Kier molecular flexibility index (Phi) is 6.05. The highest BCUT2D eigenvalue weighted by molar-refractivity contribution is 6.30. The van der Waals surface area contributed by atoms with Crippen LogP contribution >= 0.6 is 11.6 Å². The van der Waals surface area contributed by atoms with E-state index in [1.54, 1.807) is 6.07 Å². The number of amidine groups is 1. The van der Waals surface area contributed by atoms with Gasteiger partial charge in [-0.2, -0.15) is 0 Å². The third-order valence-corrected chi connectivity index (χ3v) is 5.51. The van der Waals surface area contributed by atoms with Gasteiger partial charge in [-0.3, -0.25) is 4.99 Å². The number of oxime groups is 1. The predicted molar refractivity (Wildman–Crippen MR) is 119 cm³/mol. The van der Waals surface area contributed by atoms with Crippen LogP contribution in [0.2, 0.25) is 5.02 Å². The van der Waals surface area contributed by atoms with E-state index in [0.717, 1.165) is 11.6 Å². The van der Waals surface area contributed by atoms with Gasteiger partial charge in [-0.05, 0) is 41.0 Å². The molecular formula is C23H18ClF3N4O. The van der Waals surface area contributed by atoms with Gasteiger partial charge in [0.25, 0.3) is 0 Å². The second kappa shape index (κ2) is 8.92. The summed E-state index contributed by atoms with van der Waals surface area (Å²) in [6.45, 7) is 0.261. The first-order valence-electron chi connectivity index (χ1n) is 9.67. The van der Waals surface area contributed by atoms with Crippen molar-refractivity contribution in [2.75, 3.05) is 11.1 Å². The van der Waals surface area contributed by atoms with Crippen molar-refractivity contribution in [3.8, 4) is 0 Å². The number of nitrogens with zero attached hydrogens (tertiary/aromatic N) is 2. The van der Waals surface area contributed by atoms with E-state index in [-0.39, 0.29) is 41.4 Å². The number of fused-ring (bicyclic) bond motifs is 1. The number of hydrogen-bond acceptors (Lipinski definition) is 4. The van der Waals surface area contributed by atoms with Crippen LogP contribution in [0.4, 0.5) is 24.5 Å². The molecule has 0 radical (unpaired) electrons. The summed E-state index contributed by atoms with van der Waals surface area (Å²) in [7, 11) is 0. The molecule has 0 fully saturated rings. The number of aliphatic imine (C=N–C) groups is 1. The molecule has 32 heavy (non-hydrogen) atoms. The molecule has 3 aromatic rings. The minimum absolute atomic E-state index is 0.0288. The van der Waals surface area contributed by atoms with E-state index in [0.29, 0.717) is 22.6 Å². The SMILES string of the molecule is Nc1ccccc1CN=C1Cc2c(/C(Cc3ccc(F)c(Cl)c3)=N/O)cc(F)c(F)c2N1. The topological polar surface area (TPSA) is 83.0 Å². The van der Waals surface area contributed by atoms with Crippen molar-refractivity contribution in [3.05, 3.63) is 93.3 Å². The molecule has 0 aliphatic carbocycles. The Morgan fingerprint density at radius 3 is 2.59 bits per heavy atom. The molecule has 0 amide bonds. The molecule has 1 aliphatic rings. The number of para-hydroxylation sites is 1. The first-order chi connectivity index (χ1) is 15.4. The van der Waals surface area contributed by atoms with Crippen LogP contribution in [0.25, 0.3) is 0 Å². The molecule has 4 N–H and O–H groups in total. The summed E-state index contributed by atoms with van der Waals surface area (Å²) in [5.74, 6) is -2.31. The average molecular weight is 459 g/mol. The molecule has 1 aliphatic heterocycles. The Hall–Kier alpha value is -3.52. The number of hydrogen-bond donors (Lipinski definition) is 3. The van der Waals surface area contributed by atoms with Gasteiger partial charge in [0, 0.05) is 24.1 Å². The summed E-state index contributed by atoms with van der Waals surface area (Å²) in [6, 6.07) is 12.3. The van der Waals surface area contributed by atoms with Crippen molar-refractivity contribution in [1.29, 1.82) is 0 Å². The van der Waals surface area contributed by atoms with Gasteiger partial charge in [0.1, 0.15) is 11.7 Å². The zero-order valence-corrected chi connectivity index (χ0v) is 17.4. The molecule has 3 aromatic carbocycles. The number of rotatable bonds is 5. The maximum atomic E-state index is 14.5. The molecule has 0 spiro atoms. The van der Waals surface area contributed by atoms with Crippen LogP contribution in [0.1, 0.15) is 22.3 Å². The third-order valence-electron chi connectivity index (χ3n) is 5.22. The normalized spacial score (nSPS) is 14.5. The molecular weight excluding hydrogens is 441 g/mol. The smallest absolute Gasteiger partial charge is 0.182 e. The number of nitrogens with one attached hydrogen (secondary N) is 1. The van der Waals surface area contributed by atoms with Crippen LogP contribution in [0.5, 0.6) is 0 Å². The molecule has 0 atom stereocenters. The maximum absolute atomic E-state index is 14.5. The Balaban J connectivity index is 1.65. The molecule has 0 bridgehead atoms. The van der Waals surface area contributed by atoms with Crippen LogP contribution in [0.3, 0.4) is 0 Å². The van der Waals surface area contributed by atoms with Crippen LogP contribution in [0, 0.1) is 17.5 Å². The summed E-state index contributed by atoms with van der Waals surface area (Å²) >= 11 is 5.82. The molecule has 5 nitrogen and oxygen atoms in total. The second-order valence-electron chi connectivity index (χ2n) is 7.31. The Morgan fingerprint density at radius 2 is 1.88 bits per heavy atom. The lowest BCUT2D eigenvalue weighted by Gasteiger charge is -2.11. The largest absolute Gasteiger partial charge is 0.411 e. The van der Waals surface area contributed by atoms with E-state index in [1.807, 2.05) is 18.2 Å². The summed E-state index contributed by atoms with van der Waals surface area (Å²) in [6.07, 6.45) is 0.207. The number of anilines is 2. The second-order valence-corrected chi connectivity index (χ2v) is 7.72. The van der Waals surface area contributed by atoms with E-state index in [1.165, 1.54) is 18.2 Å². The van der Waals surface area contributed by atoms with Crippen molar-refractivity contribution in [2.24, 2.45) is 10.1 Å². The minimum Gasteiger partial charge on any atom is -0.411 e. The maximum Gasteiger partial charge on any atom is 0.182 e. The molecule has 0 aromatic heterocycles. The highest BCUT2D eigenvalue weighted by Crippen LogP contribution is 2.33. The lowest BCUT2D eigenvalue weighted by Crippen LogP contribution is -2.10. The Labute approximate surface area is 187 Å². The Bertz CT molecular complexity index is 1260. The molecule has 0 saturated heterocycles. The van der Waals surface area contributed by atoms with Gasteiger partial charge in [-0.1, -0.05) is 41.0 Å². The highest BCUT2D eigenvalue weighted by atomic mass is 35.5. The van der Waals surface area contributed by atoms with Crippen molar-refractivity contribution in [2.45, 2.75) is 19.4 Å². The quantitative estimate of drug-likeness (QED) is 0.209. The third kappa shape index (κ3) is 4.27. The van der Waals surface area contributed by atoms with E-state index >= 15 is 0 Å². The van der Waals surface area contributed by atoms with E-state index < -0.39 is 17.5 Å². The lowest BCUT2D eigenvalue weighted by molar-refractivity contribution is 0.318. The summed E-state index contributed by atoms with van der Waals surface area (Å²) in [5.41, 5.74) is 8.51. The van der Waals surface area contributed by atoms with E-state index in [2.05, 4.69) is 15.5 Å². The molecule has 0 unspecified atom stereocenters. The fourth-order valence-corrected chi connectivity index (χ4v) is 3.78. The lowest BCUT2D eigenvalue weighted by atomic mass is 9.95. The van der Waals surface area contributed by atoms with E-state index in [4.69, 9.17) is 17.3 Å².